The zero-order valence-electron chi connectivity index (χ0n) is 9.07. The second-order valence-corrected chi connectivity index (χ2v) is 4.30. The van der Waals surface area contributed by atoms with Crippen LogP contribution < -0.4 is 0 Å². The van der Waals surface area contributed by atoms with E-state index in [1.165, 1.54) is 6.07 Å². The minimum Gasteiger partial charge on any atom is -0.383 e. The standard InChI is InChI=1S/C9H10N4O3S/c1-16-5-4-12-6-10-11-9(12)7-2-3-8(17-7)13(14)15/h2-3,6H,4-5H2,1H3. The molecule has 17 heavy (non-hydrogen) atoms. The van der Waals surface area contributed by atoms with Crippen LogP contribution in [0.15, 0.2) is 18.5 Å². The van der Waals surface area contributed by atoms with Crippen LogP contribution in [-0.4, -0.2) is 33.4 Å². The number of rotatable bonds is 5. The van der Waals surface area contributed by atoms with Crippen molar-refractivity contribution in [3.63, 3.8) is 0 Å². The Morgan fingerprint density at radius 2 is 2.41 bits per heavy atom. The maximum atomic E-state index is 10.6. The van der Waals surface area contributed by atoms with Crippen LogP contribution in [0.2, 0.25) is 0 Å². The molecule has 0 aromatic carbocycles. The highest BCUT2D eigenvalue weighted by Crippen LogP contribution is 2.31. The van der Waals surface area contributed by atoms with Crippen LogP contribution in [0.4, 0.5) is 5.00 Å². The van der Waals surface area contributed by atoms with Crippen molar-refractivity contribution in [2.75, 3.05) is 13.7 Å². The molecule has 0 saturated carbocycles. The normalized spacial score (nSPS) is 10.6. The van der Waals surface area contributed by atoms with E-state index in [0.29, 0.717) is 19.0 Å². The van der Waals surface area contributed by atoms with Gasteiger partial charge in [0.2, 0.25) is 0 Å². The Morgan fingerprint density at radius 1 is 1.59 bits per heavy atom. The number of thiophene rings is 1. The highest BCUT2D eigenvalue weighted by atomic mass is 32.1. The molecule has 0 atom stereocenters. The fraction of sp³-hybridized carbons (Fsp3) is 0.333. The highest BCUT2D eigenvalue weighted by Gasteiger charge is 2.15. The molecular weight excluding hydrogens is 244 g/mol. The maximum Gasteiger partial charge on any atom is 0.324 e. The summed E-state index contributed by atoms with van der Waals surface area (Å²) >= 11 is 1.08. The Balaban J connectivity index is 2.26. The van der Waals surface area contributed by atoms with Crippen LogP contribution in [0.3, 0.4) is 0 Å². The maximum absolute atomic E-state index is 10.6. The smallest absolute Gasteiger partial charge is 0.324 e. The fourth-order valence-corrected chi connectivity index (χ4v) is 2.17. The minimum absolute atomic E-state index is 0.0984. The highest BCUT2D eigenvalue weighted by molar-refractivity contribution is 7.18. The molecule has 0 fully saturated rings. The van der Waals surface area contributed by atoms with Gasteiger partial charge in [0.1, 0.15) is 6.33 Å². The fourth-order valence-electron chi connectivity index (χ4n) is 1.35. The molecule has 90 valence electrons. The molecule has 7 nitrogen and oxygen atoms in total. The lowest BCUT2D eigenvalue weighted by atomic mass is 10.4. The van der Waals surface area contributed by atoms with Gasteiger partial charge in [-0.15, -0.1) is 10.2 Å². The second-order valence-electron chi connectivity index (χ2n) is 3.24. The molecule has 2 heterocycles. The van der Waals surface area contributed by atoms with Crippen LogP contribution in [0.25, 0.3) is 10.7 Å². The van der Waals surface area contributed by atoms with Crippen molar-refractivity contribution in [1.82, 2.24) is 14.8 Å². The molecule has 2 rings (SSSR count). The number of hydrogen-bond donors (Lipinski definition) is 0. The molecule has 0 spiro atoms. The van der Waals surface area contributed by atoms with Gasteiger partial charge in [-0.1, -0.05) is 11.3 Å². The molecule has 0 bridgehead atoms. The average molecular weight is 254 g/mol. The van der Waals surface area contributed by atoms with Crippen LogP contribution in [0, 0.1) is 10.1 Å². The van der Waals surface area contributed by atoms with Gasteiger partial charge in [0.15, 0.2) is 5.82 Å². The molecule has 0 aliphatic rings. The second kappa shape index (κ2) is 5.02. The molecule has 2 aromatic heterocycles. The van der Waals surface area contributed by atoms with Gasteiger partial charge >= 0.3 is 5.00 Å². The molecule has 0 aliphatic carbocycles. The summed E-state index contributed by atoms with van der Waals surface area (Å²) < 4.78 is 6.77. The molecule has 0 amide bonds. The molecule has 8 heteroatoms. The Labute approximate surface area is 101 Å². The zero-order valence-corrected chi connectivity index (χ0v) is 9.88. The van der Waals surface area contributed by atoms with Gasteiger partial charge in [0.05, 0.1) is 16.4 Å². The lowest BCUT2D eigenvalue weighted by molar-refractivity contribution is -0.380. The van der Waals surface area contributed by atoms with Crippen molar-refractivity contribution in [2.45, 2.75) is 6.54 Å². The SMILES string of the molecule is COCCn1cnnc1-c1ccc([N+](=O)[O-])s1. The summed E-state index contributed by atoms with van der Waals surface area (Å²) in [4.78, 5) is 10.9. The van der Waals surface area contributed by atoms with Gasteiger partial charge in [-0.25, -0.2) is 0 Å². The Morgan fingerprint density at radius 3 is 3.06 bits per heavy atom. The van der Waals surface area contributed by atoms with Crippen LogP contribution >= 0.6 is 11.3 Å². The summed E-state index contributed by atoms with van der Waals surface area (Å²) in [5.74, 6) is 0.625. The molecule has 2 aromatic rings. The van der Waals surface area contributed by atoms with Crippen LogP contribution in [-0.2, 0) is 11.3 Å². The molecule has 0 radical (unpaired) electrons. The number of nitro groups is 1. The lowest BCUT2D eigenvalue weighted by Gasteiger charge is -2.02. The predicted molar refractivity (Wildman–Crippen MR) is 61.9 cm³/mol. The quantitative estimate of drug-likeness (QED) is 0.597. The van der Waals surface area contributed by atoms with Crippen molar-refractivity contribution in [1.29, 1.82) is 0 Å². The first kappa shape index (κ1) is 11.7. The lowest BCUT2D eigenvalue weighted by Crippen LogP contribution is -2.04. The van der Waals surface area contributed by atoms with E-state index in [9.17, 15) is 10.1 Å². The largest absolute Gasteiger partial charge is 0.383 e. The summed E-state index contributed by atoms with van der Waals surface area (Å²) in [5, 5.41) is 18.4. The summed E-state index contributed by atoms with van der Waals surface area (Å²) in [6.45, 7) is 1.16. The van der Waals surface area contributed by atoms with Gasteiger partial charge < -0.3 is 9.30 Å². The third-order valence-corrected chi connectivity index (χ3v) is 3.18. The van der Waals surface area contributed by atoms with Crippen LogP contribution in [0.5, 0.6) is 0 Å². The van der Waals surface area contributed by atoms with Gasteiger partial charge in [-0.3, -0.25) is 10.1 Å². The van der Waals surface area contributed by atoms with E-state index in [4.69, 9.17) is 4.74 Å². The molecule has 0 aliphatic heterocycles. The number of ether oxygens (including phenoxy) is 1. The Bertz CT molecular complexity index is 522. The zero-order chi connectivity index (χ0) is 12.3. The summed E-state index contributed by atoms with van der Waals surface area (Å²) in [7, 11) is 1.61. The first-order valence-corrected chi connectivity index (χ1v) is 5.65. The van der Waals surface area contributed by atoms with Gasteiger partial charge in [0, 0.05) is 19.7 Å². The third kappa shape index (κ3) is 2.48. The molecule has 0 saturated heterocycles. The van der Waals surface area contributed by atoms with Crippen LogP contribution in [0.1, 0.15) is 0 Å². The van der Waals surface area contributed by atoms with Crippen molar-refractivity contribution >= 4 is 16.3 Å². The van der Waals surface area contributed by atoms with E-state index < -0.39 is 4.92 Å². The predicted octanol–water partition coefficient (Wildman–Crippen LogP) is 1.56. The van der Waals surface area contributed by atoms with Gasteiger partial charge in [0.25, 0.3) is 0 Å². The topological polar surface area (TPSA) is 83.1 Å². The van der Waals surface area contributed by atoms with Crippen molar-refractivity contribution in [2.24, 2.45) is 0 Å². The summed E-state index contributed by atoms with van der Waals surface area (Å²) in [6.07, 6.45) is 1.58. The number of nitrogens with zero attached hydrogens (tertiary/aromatic N) is 4. The number of hydrogen-bond acceptors (Lipinski definition) is 6. The monoisotopic (exact) mass is 254 g/mol. The van der Waals surface area contributed by atoms with Gasteiger partial charge in [-0.2, -0.15) is 0 Å². The number of methoxy groups -OCH3 is 1. The van der Waals surface area contributed by atoms with E-state index in [1.807, 2.05) is 0 Å². The molecular formula is C9H10N4O3S. The van der Waals surface area contributed by atoms with E-state index in [-0.39, 0.29) is 5.00 Å². The third-order valence-electron chi connectivity index (χ3n) is 2.14. The van der Waals surface area contributed by atoms with E-state index >= 15 is 0 Å². The summed E-state index contributed by atoms with van der Waals surface area (Å²) in [6, 6.07) is 3.14. The van der Waals surface area contributed by atoms with E-state index in [1.54, 1.807) is 24.1 Å². The molecule has 0 unspecified atom stereocenters. The molecule has 0 N–H and O–H groups in total. The average Bonchev–Trinajstić information content (AvgIpc) is 2.94. The first-order chi connectivity index (χ1) is 8.22. The Kier molecular flexibility index (Phi) is 3.45. The van der Waals surface area contributed by atoms with E-state index in [0.717, 1.165) is 16.2 Å². The summed E-state index contributed by atoms with van der Waals surface area (Å²) in [5.41, 5.74) is 0. The van der Waals surface area contributed by atoms with Gasteiger partial charge in [-0.05, 0) is 6.07 Å². The van der Waals surface area contributed by atoms with Crippen molar-refractivity contribution in [3.8, 4) is 10.7 Å². The minimum atomic E-state index is -0.413. The first-order valence-electron chi connectivity index (χ1n) is 4.83. The van der Waals surface area contributed by atoms with E-state index in [2.05, 4.69) is 10.2 Å². The Hall–Kier alpha value is -1.80. The number of aromatic nitrogens is 3. The van der Waals surface area contributed by atoms with Crippen molar-refractivity contribution < 1.29 is 9.66 Å². The van der Waals surface area contributed by atoms with Crippen molar-refractivity contribution in [3.05, 3.63) is 28.6 Å².